The smallest absolute Gasteiger partial charge is 0.243 e. The van der Waals surface area contributed by atoms with Crippen LogP contribution in [0.1, 0.15) is 56.1 Å². The summed E-state index contributed by atoms with van der Waals surface area (Å²) in [5.74, 6) is 0.144. The van der Waals surface area contributed by atoms with Gasteiger partial charge in [0.1, 0.15) is 11.8 Å². The van der Waals surface area contributed by atoms with Gasteiger partial charge >= 0.3 is 0 Å². The summed E-state index contributed by atoms with van der Waals surface area (Å²) in [7, 11) is -2.10. The van der Waals surface area contributed by atoms with Gasteiger partial charge in [0.25, 0.3) is 0 Å². The third-order valence-electron chi connectivity index (χ3n) is 7.98. The molecule has 1 aliphatic rings. The van der Waals surface area contributed by atoms with E-state index in [0.29, 0.717) is 22.9 Å². The maximum atomic E-state index is 14.0. The van der Waals surface area contributed by atoms with Crippen LogP contribution in [0.3, 0.4) is 0 Å². The molecule has 3 aromatic rings. The van der Waals surface area contributed by atoms with Gasteiger partial charge in [-0.2, -0.15) is 0 Å². The van der Waals surface area contributed by atoms with Crippen molar-refractivity contribution in [2.75, 3.05) is 24.2 Å². The number of hydrogen-bond donors (Lipinski definition) is 1. The van der Waals surface area contributed by atoms with Crippen molar-refractivity contribution < 1.29 is 22.7 Å². The molecule has 1 fully saturated rings. The van der Waals surface area contributed by atoms with Gasteiger partial charge in [0, 0.05) is 43.1 Å². The maximum absolute atomic E-state index is 14.0. The molecule has 1 N–H and O–H groups in total. The average molecular weight is 640 g/mol. The van der Waals surface area contributed by atoms with Crippen molar-refractivity contribution in [3.05, 3.63) is 95.0 Å². The highest BCUT2D eigenvalue weighted by molar-refractivity contribution is 7.92. The Morgan fingerprint density at radius 2 is 1.66 bits per heavy atom. The maximum Gasteiger partial charge on any atom is 0.243 e. The molecule has 3 aromatic carbocycles. The molecular weight excluding hydrogens is 598 g/mol. The van der Waals surface area contributed by atoms with Gasteiger partial charge in [-0.3, -0.25) is 13.9 Å². The minimum Gasteiger partial charge on any atom is -0.497 e. The third kappa shape index (κ3) is 9.72. The molecule has 4 rings (SSSR count). The fourth-order valence-corrected chi connectivity index (χ4v) is 6.74. The largest absolute Gasteiger partial charge is 0.497 e. The number of halogens is 1. The second kappa shape index (κ2) is 16.0. The first-order chi connectivity index (χ1) is 21.1. The van der Waals surface area contributed by atoms with E-state index in [4.69, 9.17) is 16.3 Å². The van der Waals surface area contributed by atoms with E-state index in [1.807, 2.05) is 42.5 Å². The summed E-state index contributed by atoms with van der Waals surface area (Å²) >= 11 is 6.14. The van der Waals surface area contributed by atoms with Gasteiger partial charge in [0.15, 0.2) is 0 Å². The van der Waals surface area contributed by atoms with E-state index in [2.05, 4.69) is 5.32 Å². The van der Waals surface area contributed by atoms with Crippen LogP contribution in [0, 0.1) is 0 Å². The predicted octanol–water partition coefficient (Wildman–Crippen LogP) is 5.98. The summed E-state index contributed by atoms with van der Waals surface area (Å²) in [6.45, 7) is 0.321. The monoisotopic (exact) mass is 639 g/mol. The Morgan fingerprint density at radius 1 is 0.955 bits per heavy atom. The van der Waals surface area contributed by atoms with Gasteiger partial charge in [0.05, 0.1) is 19.1 Å². The summed E-state index contributed by atoms with van der Waals surface area (Å²) < 4.78 is 32.0. The number of nitrogens with zero attached hydrogens (tertiary/aromatic N) is 2. The number of carbonyl (C=O) groups is 2. The van der Waals surface area contributed by atoms with Crippen LogP contribution in [-0.4, -0.2) is 57.1 Å². The Hall–Kier alpha value is -3.56. The van der Waals surface area contributed by atoms with E-state index < -0.39 is 16.1 Å². The summed E-state index contributed by atoms with van der Waals surface area (Å²) in [6, 6.07) is 23.1. The Balaban J connectivity index is 1.58. The van der Waals surface area contributed by atoms with E-state index >= 15 is 0 Å². The van der Waals surface area contributed by atoms with Crippen LogP contribution in [0.4, 0.5) is 5.69 Å². The third-order valence-corrected chi connectivity index (χ3v) is 9.43. The molecule has 236 valence electrons. The Bertz CT molecular complexity index is 1480. The van der Waals surface area contributed by atoms with Crippen LogP contribution in [0.25, 0.3) is 0 Å². The molecule has 2 amide bonds. The highest BCUT2D eigenvalue weighted by atomic mass is 35.5. The predicted molar refractivity (Wildman–Crippen MR) is 175 cm³/mol. The molecule has 1 aliphatic carbocycles. The van der Waals surface area contributed by atoms with Crippen LogP contribution < -0.4 is 14.4 Å². The van der Waals surface area contributed by atoms with Crippen LogP contribution >= 0.6 is 11.6 Å². The second-order valence-corrected chi connectivity index (χ2v) is 13.7. The first-order valence-electron chi connectivity index (χ1n) is 15.1. The first kappa shape index (κ1) is 33.3. The number of nitrogens with one attached hydrogen (secondary N) is 1. The summed E-state index contributed by atoms with van der Waals surface area (Å²) in [4.78, 5) is 29.6. The zero-order valence-electron chi connectivity index (χ0n) is 25.5. The number of carbonyl (C=O) groups excluding carboxylic acids is 2. The Morgan fingerprint density at radius 3 is 2.32 bits per heavy atom. The molecule has 1 atom stereocenters. The average Bonchev–Trinajstić information content (AvgIpc) is 3.02. The molecule has 0 aliphatic heterocycles. The molecule has 1 saturated carbocycles. The van der Waals surface area contributed by atoms with Crippen molar-refractivity contribution in [2.45, 2.75) is 70.0 Å². The fourth-order valence-electron chi connectivity index (χ4n) is 5.65. The van der Waals surface area contributed by atoms with E-state index in [9.17, 15) is 18.0 Å². The zero-order valence-corrected chi connectivity index (χ0v) is 27.0. The molecule has 0 radical (unpaired) electrons. The molecule has 0 aromatic heterocycles. The molecule has 0 bridgehead atoms. The van der Waals surface area contributed by atoms with Crippen LogP contribution in [0.15, 0.2) is 78.9 Å². The lowest BCUT2D eigenvalue weighted by Crippen LogP contribution is -2.52. The topological polar surface area (TPSA) is 96.0 Å². The highest BCUT2D eigenvalue weighted by Gasteiger charge is 2.32. The second-order valence-electron chi connectivity index (χ2n) is 11.3. The van der Waals surface area contributed by atoms with Crippen LogP contribution in [0.2, 0.25) is 5.02 Å². The molecule has 0 unspecified atom stereocenters. The van der Waals surface area contributed by atoms with Gasteiger partial charge in [-0.15, -0.1) is 0 Å². The minimum atomic E-state index is -3.62. The quantitative estimate of drug-likeness (QED) is 0.234. The first-order valence-corrected chi connectivity index (χ1v) is 17.4. The van der Waals surface area contributed by atoms with E-state index in [0.717, 1.165) is 43.1 Å². The number of anilines is 1. The highest BCUT2D eigenvalue weighted by Crippen LogP contribution is 2.25. The summed E-state index contributed by atoms with van der Waals surface area (Å²) in [5.41, 5.74) is 2.26. The van der Waals surface area contributed by atoms with Crippen LogP contribution in [0.5, 0.6) is 5.75 Å². The van der Waals surface area contributed by atoms with Crippen molar-refractivity contribution in [1.29, 1.82) is 0 Å². The normalized spacial score (nSPS) is 14.4. The zero-order chi connectivity index (χ0) is 31.5. The van der Waals surface area contributed by atoms with Gasteiger partial charge < -0.3 is 15.0 Å². The number of amides is 2. The standard InChI is InChI=1S/C34H42ClN3O5S/c1-43-31-16-9-15-30(24-31)38(44(2,41)42)22-10-17-33(39)37(25-27-18-20-28(35)21-19-27)32(23-26-11-5-3-6-12-26)34(40)36-29-13-7-4-8-14-29/h3,5-6,9,11-12,15-16,18-21,24,29,32H,4,7-8,10,13-14,17,22-23,25H2,1-2H3,(H,36,40)/t32-/m0/s1. The van der Waals surface area contributed by atoms with E-state index in [-0.39, 0.29) is 43.8 Å². The number of sulfonamides is 1. The molecule has 0 spiro atoms. The molecular formula is C34H42ClN3O5S. The number of methoxy groups -OCH3 is 1. The van der Waals surface area contributed by atoms with Crippen molar-refractivity contribution in [3.63, 3.8) is 0 Å². The van der Waals surface area contributed by atoms with Gasteiger partial charge in [0.2, 0.25) is 21.8 Å². The van der Waals surface area contributed by atoms with Gasteiger partial charge in [-0.25, -0.2) is 8.42 Å². The molecule has 0 heterocycles. The van der Waals surface area contributed by atoms with Crippen molar-refractivity contribution in [2.24, 2.45) is 0 Å². The number of rotatable bonds is 14. The lowest BCUT2D eigenvalue weighted by molar-refractivity contribution is -0.141. The molecule has 0 saturated heterocycles. The van der Waals surface area contributed by atoms with E-state index in [1.165, 1.54) is 17.8 Å². The van der Waals surface area contributed by atoms with Crippen molar-refractivity contribution in [1.82, 2.24) is 10.2 Å². The lowest BCUT2D eigenvalue weighted by Gasteiger charge is -2.34. The SMILES string of the molecule is COc1cccc(N(CCCC(=O)N(Cc2ccc(Cl)cc2)[C@@H](Cc2ccccc2)C(=O)NC2CCCCC2)S(C)(=O)=O)c1. The Kier molecular flexibility index (Phi) is 12.1. The van der Waals surface area contributed by atoms with Crippen LogP contribution in [-0.2, 0) is 32.6 Å². The van der Waals surface area contributed by atoms with Crippen molar-refractivity contribution >= 4 is 39.1 Å². The van der Waals surface area contributed by atoms with Gasteiger partial charge in [-0.1, -0.05) is 79.4 Å². The summed E-state index contributed by atoms with van der Waals surface area (Å²) in [5, 5.41) is 3.83. The van der Waals surface area contributed by atoms with Gasteiger partial charge in [-0.05, 0) is 54.7 Å². The van der Waals surface area contributed by atoms with Crippen molar-refractivity contribution in [3.8, 4) is 5.75 Å². The number of benzene rings is 3. The summed E-state index contributed by atoms with van der Waals surface area (Å²) in [6.07, 6.45) is 7.01. The fraction of sp³-hybridized carbons (Fsp3) is 0.412. The number of ether oxygens (including phenoxy) is 1. The molecule has 10 heteroatoms. The van der Waals surface area contributed by atoms with E-state index in [1.54, 1.807) is 41.3 Å². The number of hydrogen-bond acceptors (Lipinski definition) is 5. The molecule has 8 nitrogen and oxygen atoms in total. The Labute approximate surface area is 266 Å². The molecule has 44 heavy (non-hydrogen) atoms. The lowest BCUT2D eigenvalue weighted by atomic mass is 9.94. The minimum absolute atomic E-state index is 0.0611.